The minimum atomic E-state index is -0.578. The van der Waals surface area contributed by atoms with Gasteiger partial charge in [-0.3, -0.25) is 4.79 Å². The lowest BCUT2D eigenvalue weighted by Crippen LogP contribution is -2.32. The van der Waals surface area contributed by atoms with Crippen molar-refractivity contribution in [3.8, 4) is 5.75 Å². The fraction of sp³-hybridized carbons (Fsp3) is 0.440. The number of rotatable bonds is 9. The summed E-state index contributed by atoms with van der Waals surface area (Å²) < 4.78 is 11.2. The zero-order valence-electron chi connectivity index (χ0n) is 17.9. The molecular weight excluding hydrogens is 378 g/mol. The van der Waals surface area contributed by atoms with Crippen LogP contribution in [-0.2, 0) is 22.4 Å². The average molecular weight is 410 g/mol. The summed E-state index contributed by atoms with van der Waals surface area (Å²) in [7, 11) is 0. The van der Waals surface area contributed by atoms with Gasteiger partial charge in [0.25, 0.3) is 5.91 Å². The first-order chi connectivity index (χ1) is 14.6. The summed E-state index contributed by atoms with van der Waals surface area (Å²) in [6.45, 7) is 4.40. The van der Waals surface area contributed by atoms with Crippen LogP contribution < -0.4 is 10.1 Å². The van der Waals surface area contributed by atoms with E-state index in [1.54, 1.807) is 24.3 Å². The number of carbonyl (C=O) groups is 2. The predicted molar refractivity (Wildman–Crippen MR) is 118 cm³/mol. The SMILES string of the molecule is CCCCOC(=O)c1ccc(NC(=O)[C@H](CC)Oc2ccc3c(c2)CCCC3)cc1. The van der Waals surface area contributed by atoms with Gasteiger partial charge in [-0.25, -0.2) is 4.79 Å². The van der Waals surface area contributed by atoms with Crippen LogP contribution >= 0.6 is 0 Å². The Morgan fingerprint density at radius 3 is 2.43 bits per heavy atom. The Labute approximate surface area is 178 Å². The number of hydrogen-bond acceptors (Lipinski definition) is 4. The average Bonchev–Trinajstić information content (AvgIpc) is 2.77. The maximum absolute atomic E-state index is 12.7. The highest BCUT2D eigenvalue weighted by Crippen LogP contribution is 2.26. The summed E-state index contributed by atoms with van der Waals surface area (Å²) in [4.78, 5) is 24.7. The molecule has 0 heterocycles. The molecule has 160 valence electrons. The van der Waals surface area contributed by atoms with E-state index in [1.807, 2.05) is 19.9 Å². The quantitative estimate of drug-likeness (QED) is 0.450. The van der Waals surface area contributed by atoms with Crippen LogP contribution in [0.4, 0.5) is 5.69 Å². The fourth-order valence-electron chi connectivity index (χ4n) is 3.57. The van der Waals surface area contributed by atoms with E-state index in [9.17, 15) is 9.59 Å². The minimum Gasteiger partial charge on any atom is -0.481 e. The van der Waals surface area contributed by atoms with Gasteiger partial charge < -0.3 is 14.8 Å². The maximum atomic E-state index is 12.7. The Morgan fingerprint density at radius 2 is 1.73 bits per heavy atom. The van der Waals surface area contributed by atoms with E-state index in [-0.39, 0.29) is 11.9 Å². The predicted octanol–water partition coefficient (Wildman–Crippen LogP) is 5.32. The number of unbranched alkanes of at least 4 members (excludes halogenated alkanes) is 1. The van der Waals surface area contributed by atoms with E-state index in [0.717, 1.165) is 31.4 Å². The lowest BCUT2D eigenvalue weighted by Gasteiger charge is -2.20. The maximum Gasteiger partial charge on any atom is 0.338 e. The molecule has 5 heteroatoms. The van der Waals surface area contributed by atoms with E-state index < -0.39 is 6.10 Å². The van der Waals surface area contributed by atoms with E-state index in [4.69, 9.17) is 9.47 Å². The second-order valence-electron chi connectivity index (χ2n) is 7.71. The Bertz CT molecular complexity index is 860. The van der Waals surface area contributed by atoms with Crippen molar-refractivity contribution in [2.45, 2.75) is 64.9 Å². The van der Waals surface area contributed by atoms with Crippen molar-refractivity contribution in [2.24, 2.45) is 0 Å². The third-order valence-electron chi connectivity index (χ3n) is 5.38. The minimum absolute atomic E-state index is 0.200. The molecule has 0 aromatic heterocycles. The van der Waals surface area contributed by atoms with E-state index in [0.29, 0.717) is 24.3 Å². The summed E-state index contributed by atoms with van der Waals surface area (Å²) in [5.41, 5.74) is 3.81. The number of anilines is 1. The van der Waals surface area contributed by atoms with Gasteiger partial charge in [-0.05, 0) is 86.1 Å². The molecule has 0 fully saturated rings. The summed E-state index contributed by atoms with van der Waals surface area (Å²) in [5.74, 6) is 0.194. The van der Waals surface area contributed by atoms with Gasteiger partial charge in [-0.1, -0.05) is 26.3 Å². The molecule has 0 spiro atoms. The van der Waals surface area contributed by atoms with Crippen molar-refractivity contribution in [2.75, 3.05) is 11.9 Å². The van der Waals surface area contributed by atoms with Gasteiger partial charge in [-0.2, -0.15) is 0 Å². The molecule has 0 saturated heterocycles. The lowest BCUT2D eigenvalue weighted by atomic mass is 9.92. The highest BCUT2D eigenvalue weighted by Gasteiger charge is 2.20. The number of benzene rings is 2. The molecular formula is C25H31NO4. The molecule has 1 N–H and O–H groups in total. The van der Waals surface area contributed by atoms with Crippen molar-refractivity contribution in [3.05, 3.63) is 59.2 Å². The molecule has 0 saturated carbocycles. The first kappa shape index (κ1) is 21.9. The van der Waals surface area contributed by atoms with Gasteiger partial charge in [-0.15, -0.1) is 0 Å². The molecule has 5 nitrogen and oxygen atoms in total. The number of carbonyl (C=O) groups excluding carboxylic acids is 2. The third kappa shape index (κ3) is 5.85. The largest absolute Gasteiger partial charge is 0.481 e. The fourth-order valence-corrected chi connectivity index (χ4v) is 3.57. The van der Waals surface area contributed by atoms with E-state index in [1.165, 1.54) is 24.0 Å². The number of ether oxygens (including phenoxy) is 2. The molecule has 0 unspecified atom stereocenters. The van der Waals surface area contributed by atoms with E-state index >= 15 is 0 Å². The zero-order valence-corrected chi connectivity index (χ0v) is 17.9. The van der Waals surface area contributed by atoms with Gasteiger partial charge >= 0.3 is 5.97 Å². The number of nitrogens with one attached hydrogen (secondary N) is 1. The Kier molecular flexibility index (Phi) is 7.89. The van der Waals surface area contributed by atoms with Crippen LogP contribution in [0.15, 0.2) is 42.5 Å². The number of hydrogen-bond donors (Lipinski definition) is 1. The van der Waals surface area contributed by atoms with Crippen LogP contribution in [0.25, 0.3) is 0 Å². The van der Waals surface area contributed by atoms with Crippen LogP contribution in [0.5, 0.6) is 5.75 Å². The summed E-state index contributed by atoms with van der Waals surface area (Å²) in [5, 5.41) is 2.88. The summed E-state index contributed by atoms with van der Waals surface area (Å²) in [6, 6.07) is 12.9. The second kappa shape index (κ2) is 10.8. The molecule has 0 bridgehead atoms. The molecule has 0 aliphatic heterocycles. The zero-order chi connectivity index (χ0) is 21.3. The van der Waals surface area contributed by atoms with Crippen molar-refractivity contribution in [3.63, 3.8) is 0 Å². The van der Waals surface area contributed by atoms with Crippen molar-refractivity contribution < 1.29 is 19.1 Å². The van der Waals surface area contributed by atoms with Crippen LogP contribution in [0.1, 0.15) is 67.4 Å². The number of amides is 1. The Morgan fingerprint density at radius 1 is 1.00 bits per heavy atom. The Balaban J connectivity index is 1.57. The van der Waals surface area contributed by atoms with E-state index in [2.05, 4.69) is 17.4 Å². The molecule has 3 rings (SSSR count). The third-order valence-corrected chi connectivity index (χ3v) is 5.38. The van der Waals surface area contributed by atoms with Gasteiger partial charge in [0.2, 0.25) is 0 Å². The summed E-state index contributed by atoms with van der Waals surface area (Å²) >= 11 is 0. The molecule has 1 aliphatic rings. The molecule has 30 heavy (non-hydrogen) atoms. The van der Waals surface area contributed by atoms with Gasteiger partial charge in [0.1, 0.15) is 5.75 Å². The molecule has 2 aromatic carbocycles. The monoisotopic (exact) mass is 409 g/mol. The van der Waals surface area contributed by atoms with Crippen LogP contribution in [0.3, 0.4) is 0 Å². The molecule has 2 aromatic rings. The second-order valence-corrected chi connectivity index (χ2v) is 7.71. The first-order valence-corrected chi connectivity index (χ1v) is 11.0. The highest BCUT2D eigenvalue weighted by atomic mass is 16.5. The van der Waals surface area contributed by atoms with Crippen LogP contribution in [0, 0.1) is 0 Å². The Hall–Kier alpha value is -2.82. The van der Waals surface area contributed by atoms with Crippen LogP contribution in [0.2, 0.25) is 0 Å². The highest BCUT2D eigenvalue weighted by molar-refractivity contribution is 5.95. The molecule has 1 aliphatic carbocycles. The van der Waals surface area contributed by atoms with Gasteiger partial charge in [0, 0.05) is 5.69 Å². The van der Waals surface area contributed by atoms with Gasteiger partial charge in [0.15, 0.2) is 6.10 Å². The van der Waals surface area contributed by atoms with Crippen molar-refractivity contribution in [1.82, 2.24) is 0 Å². The molecule has 1 atom stereocenters. The normalized spacial score (nSPS) is 13.8. The smallest absolute Gasteiger partial charge is 0.338 e. The first-order valence-electron chi connectivity index (χ1n) is 11.0. The molecule has 0 radical (unpaired) electrons. The van der Waals surface area contributed by atoms with Crippen LogP contribution in [-0.4, -0.2) is 24.6 Å². The summed E-state index contributed by atoms with van der Waals surface area (Å²) in [6.07, 6.45) is 6.44. The number of aryl methyl sites for hydroxylation is 2. The number of esters is 1. The lowest BCUT2D eigenvalue weighted by molar-refractivity contribution is -0.122. The van der Waals surface area contributed by atoms with Gasteiger partial charge in [0.05, 0.1) is 12.2 Å². The topological polar surface area (TPSA) is 64.6 Å². The standard InChI is InChI=1S/C25H31NO4/c1-3-5-16-29-25(28)19-10-13-21(14-11-19)26-24(27)23(4-2)30-22-15-12-18-8-6-7-9-20(18)17-22/h10-15,17,23H,3-9,16H2,1-2H3,(H,26,27)/t23-/m0/s1. The van der Waals surface area contributed by atoms with Crippen molar-refractivity contribution >= 4 is 17.6 Å². The van der Waals surface area contributed by atoms with Crippen molar-refractivity contribution in [1.29, 1.82) is 0 Å². The molecule has 1 amide bonds. The number of fused-ring (bicyclic) bond motifs is 1.